The fraction of sp³-hybridized carbons (Fsp3) is 0.0417. The molecule has 30 heavy (non-hydrogen) atoms. The number of benzene rings is 3. The fourth-order valence-electron chi connectivity index (χ4n) is 3.67. The molecule has 3 N–H and O–H groups in total. The van der Waals surface area contributed by atoms with Crippen LogP contribution in [0.3, 0.4) is 0 Å². The number of H-pyrrole nitrogens is 2. The molecule has 3 aromatic carbocycles. The van der Waals surface area contributed by atoms with Crippen LogP contribution in [0.25, 0.3) is 21.8 Å². The average Bonchev–Trinajstić information content (AvgIpc) is 3.22. The Balaban J connectivity index is 1.59. The van der Waals surface area contributed by atoms with Gasteiger partial charge in [0.05, 0.1) is 16.6 Å². The summed E-state index contributed by atoms with van der Waals surface area (Å²) in [6, 6.07) is 24.0. The van der Waals surface area contributed by atoms with Crippen molar-refractivity contribution in [3.63, 3.8) is 0 Å². The molecule has 0 aliphatic carbocycles. The number of nitrogens with one attached hydrogen (secondary N) is 3. The SMILES string of the molecule is O=C(N[C@@H](c1ccccc1)c1nc2ccccc2[nH]1)c1c[nH]c(=O)c2ccccc12. The summed E-state index contributed by atoms with van der Waals surface area (Å²) in [7, 11) is 0. The molecule has 0 fully saturated rings. The summed E-state index contributed by atoms with van der Waals surface area (Å²) in [6.07, 6.45) is 1.46. The first-order valence-corrected chi connectivity index (χ1v) is 9.61. The van der Waals surface area contributed by atoms with Crippen molar-refractivity contribution in [2.45, 2.75) is 6.04 Å². The van der Waals surface area contributed by atoms with E-state index in [1.165, 1.54) is 6.20 Å². The van der Waals surface area contributed by atoms with Gasteiger partial charge in [0.1, 0.15) is 11.9 Å². The Kier molecular flexibility index (Phi) is 4.37. The van der Waals surface area contributed by atoms with Crippen molar-refractivity contribution in [1.29, 1.82) is 0 Å². The van der Waals surface area contributed by atoms with Crippen LogP contribution >= 0.6 is 0 Å². The predicted molar refractivity (Wildman–Crippen MR) is 116 cm³/mol. The van der Waals surface area contributed by atoms with E-state index in [-0.39, 0.29) is 11.5 Å². The molecule has 0 radical (unpaired) electrons. The Hall–Kier alpha value is -4.19. The van der Waals surface area contributed by atoms with Crippen LogP contribution in [0.2, 0.25) is 0 Å². The molecule has 0 unspecified atom stereocenters. The molecule has 1 amide bonds. The fourth-order valence-corrected chi connectivity index (χ4v) is 3.67. The van der Waals surface area contributed by atoms with E-state index in [1.54, 1.807) is 18.2 Å². The van der Waals surface area contributed by atoms with Gasteiger partial charge < -0.3 is 15.3 Å². The third-order valence-electron chi connectivity index (χ3n) is 5.14. The van der Waals surface area contributed by atoms with Crippen LogP contribution < -0.4 is 10.9 Å². The van der Waals surface area contributed by atoms with Crippen molar-refractivity contribution >= 4 is 27.7 Å². The Labute approximate surface area is 171 Å². The van der Waals surface area contributed by atoms with Gasteiger partial charge in [0, 0.05) is 17.0 Å². The molecule has 0 bridgehead atoms. The lowest BCUT2D eigenvalue weighted by molar-refractivity contribution is 0.0943. The van der Waals surface area contributed by atoms with Crippen LogP contribution in [0, 0.1) is 0 Å². The van der Waals surface area contributed by atoms with Gasteiger partial charge in [0.2, 0.25) is 0 Å². The molecule has 0 saturated heterocycles. The van der Waals surface area contributed by atoms with Crippen LogP contribution in [0.15, 0.2) is 89.9 Å². The number of nitrogens with zero attached hydrogens (tertiary/aromatic N) is 1. The summed E-state index contributed by atoms with van der Waals surface area (Å²) in [5, 5.41) is 4.17. The number of imidazole rings is 1. The zero-order chi connectivity index (χ0) is 20.5. The highest BCUT2D eigenvalue weighted by molar-refractivity contribution is 6.06. The molecule has 0 saturated carbocycles. The third-order valence-corrected chi connectivity index (χ3v) is 5.14. The van der Waals surface area contributed by atoms with E-state index in [2.05, 4.69) is 20.3 Å². The second kappa shape index (κ2) is 7.33. The Bertz CT molecular complexity index is 1390. The molecule has 6 heteroatoms. The highest BCUT2D eigenvalue weighted by Crippen LogP contribution is 2.24. The number of hydrogen-bond donors (Lipinski definition) is 3. The van der Waals surface area contributed by atoms with Crippen molar-refractivity contribution in [2.24, 2.45) is 0 Å². The zero-order valence-electron chi connectivity index (χ0n) is 15.9. The van der Waals surface area contributed by atoms with Gasteiger partial charge in [-0.3, -0.25) is 9.59 Å². The Morgan fingerprint density at radius 3 is 2.37 bits per heavy atom. The highest BCUT2D eigenvalue weighted by Gasteiger charge is 2.22. The molecule has 1 atom stereocenters. The van der Waals surface area contributed by atoms with Gasteiger partial charge in [0.25, 0.3) is 11.5 Å². The van der Waals surface area contributed by atoms with Gasteiger partial charge in [0.15, 0.2) is 0 Å². The number of hydrogen-bond acceptors (Lipinski definition) is 3. The number of aromatic nitrogens is 3. The Morgan fingerprint density at radius 2 is 1.57 bits per heavy atom. The quantitative estimate of drug-likeness (QED) is 0.431. The van der Waals surface area contributed by atoms with E-state index in [0.29, 0.717) is 22.2 Å². The van der Waals surface area contributed by atoms with E-state index >= 15 is 0 Å². The summed E-state index contributed by atoms with van der Waals surface area (Å²) in [6.45, 7) is 0. The predicted octanol–water partition coefficient (Wildman–Crippen LogP) is 3.92. The minimum absolute atomic E-state index is 0.223. The second-order valence-electron chi connectivity index (χ2n) is 7.03. The normalized spacial score (nSPS) is 12.1. The summed E-state index contributed by atoms with van der Waals surface area (Å²) in [4.78, 5) is 36.0. The molecule has 6 nitrogen and oxygen atoms in total. The molecular formula is C24H18N4O2. The first-order chi connectivity index (χ1) is 14.7. The number of para-hydroxylation sites is 2. The van der Waals surface area contributed by atoms with E-state index in [4.69, 9.17) is 0 Å². The largest absolute Gasteiger partial charge is 0.340 e. The van der Waals surface area contributed by atoms with Crippen LogP contribution in [-0.4, -0.2) is 20.9 Å². The standard InChI is InChI=1S/C24H18N4O2/c29-23-17-11-5-4-10-16(17)18(14-25-23)24(30)28-21(15-8-2-1-3-9-15)22-26-19-12-6-7-13-20(19)27-22/h1-14,21H,(H,25,29)(H,26,27)(H,28,30)/t21-/m0/s1. The Morgan fingerprint density at radius 1 is 0.867 bits per heavy atom. The number of pyridine rings is 1. The minimum atomic E-state index is -0.475. The molecular weight excluding hydrogens is 376 g/mol. The van der Waals surface area contributed by atoms with Crippen molar-refractivity contribution < 1.29 is 4.79 Å². The molecule has 2 aromatic heterocycles. The van der Waals surface area contributed by atoms with Crippen molar-refractivity contribution in [3.8, 4) is 0 Å². The smallest absolute Gasteiger partial charge is 0.255 e. The lowest BCUT2D eigenvalue weighted by Gasteiger charge is -2.18. The summed E-state index contributed by atoms with van der Waals surface area (Å²) in [5.41, 5.74) is 2.81. The van der Waals surface area contributed by atoms with Gasteiger partial charge in [-0.25, -0.2) is 4.98 Å². The highest BCUT2D eigenvalue weighted by atomic mass is 16.2. The van der Waals surface area contributed by atoms with E-state index in [0.717, 1.165) is 16.6 Å². The lowest BCUT2D eigenvalue weighted by Crippen LogP contribution is -2.30. The first-order valence-electron chi connectivity index (χ1n) is 9.61. The molecule has 5 aromatic rings. The summed E-state index contributed by atoms with van der Waals surface area (Å²) >= 11 is 0. The van der Waals surface area contributed by atoms with Gasteiger partial charge in [-0.1, -0.05) is 60.7 Å². The number of carbonyl (C=O) groups excluding carboxylic acids is 1. The molecule has 0 aliphatic rings. The van der Waals surface area contributed by atoms with Gasteiger partial charge in [-0.2, -0.15) is 0 Å². The zero-order valence-corrected chi connectivity index (χ0v) is 15.9. The van der Waals surface area contributed by atoms with Crippen molar-refractivity contribution in [2.75, 3.05) is 0 Å². The number of rotatable bonds is 4. The monoisotopic (exact) mass is 394 g/mol. The van der Waals surface area contributed by atoms with Gasteiger partial charge >= 0.3 is 0 Å². The van der Waals surface area contributed by atoms with E-state index in [1.807, 2.05) is 60.7 Å². The van der Waals surface area contributed by atoms with Crippen molar-refractivity contribution in [3.05, 3.63) is 112 Å². The third kappa shape index (κ3) is 3.14. The number of aromatic amines is 2. The maximum absolute atomic E-state index is 13.3. The van der Waals surface area contributed by atoms with Crippen LogP contribution in [-0.2, 0) is 0 Å². The van der Waals surface area contributed by atoms with E-state index in [9.17, 15) is 9.59 Å². The number of carbonyl (C=O) groups is 1. The summed E-state index contributed by atoms with van der Waals surface area (Å²) < 4.78 is 0. The molecule has 5 rings (SSSR count). The second-order valence-corrected chi connectivity index (χ2v) is 7.03. The van der Waals surface area contributed by atoms with Gasteiger partial charge in [-0.15, -0.1) is 0 Å². The average molecular weight is 394 g/mol. The van der Waals surface area contributed by atoms with Crippen LogP contribution in [0.5, 0.6) is 0 Å². The maximum atomic E-state index is 13.3. The number of fused-ring (bicyclic) bond motifs is 2. The molecule has 0 aliphatic heterocycles. The van der Waals surface area contributed by atoms with Crippen LogP contribution in [0.1, 0.15) is 27.8 Å². The molecule has 146 valence electrons. The molecule has 0 spiro atoms. The lowest BCUT2D eigenvalue weighted by atomic mass is 10.0. The summed E-state index contributed by atoms with van der Waals surface area (Å²) in [5.74, 6) is 0.348. The minimum Gasteiger partial charge on any atom is -0.340 e. The van der Waals surface area contributed by atoms with Crippen LogP contribution in [0.4, 0.5) is 0 Å². The number of amides is 1. The first kappa shape index (κ1) is 17.9. The topological polar surface area (TPSA) is 90.6 Å². The maximum Gasteiger partial charge on any atom is 0.255 e. The van der Waals surface area contributed by atoms with E-state index < -0.39 is 6.04 Å². The molecule has 2 heterocycles. The van der Waals surface area contributed by atoms with Gasteiger partial charge in [-0.05, 0) is 23.8 Å². The van der Waals surface area contributed by atoms with Crippen molar-refractivity contribution in [1.82, 2.24) is 20.3 Å².